The summed E-state index contributed by atoms with van der Waals surface area (Å²) in [5, 5.41) is 7.44. The molecule has 0 fully saturated rings. The highest BCUT2D eigenvalue weighted by atomic mass is 35.5. The molecule has 6 heteroatoms. The zero-order valence-corrected chi connectivity index (χ0v) is 12.7. The number of aromatic nitrogens is 2. The summed E-state index contributed by atoms with van der Waals surface area (Å²) in [6.07, 6.45) is 1.26. The first-order chi connectivity index (χ1) is 9.99. The minimum absolute atomic E-state index is 0.0537. The molecule has 1 heterocycles. The van der Waals surface area contributed by atoms with E-state index in [0.717, 1.165) is 17.7 Å². The monoisotopic (exact) mass is 309 g/mol. The molecule has 1 amide bonds. The molecule has 1 aromatic heterocycles. The second kappa shape index (κ2) is 6.72. The zero-order chi connectivity index (χ0) is 15.4. The van der Waals surface area contributed by atoms with E-state index in [-0.39, 0.29) is 11.7 Å². The summed E-state index contributed by atoms with van der Waals surface area (Å²) in [6, 6.07) is 6.07. The number of amides is 1. The van der Waals surface area contributed by atoms with Crippen LogP contribution in [-0.2, 0) is 11.3 Å². The normalized spacial score (nSPS) is 10.7. The van der Waals surface area contributed by atoms with Crippen molar-refractivity contribution in [2.45, 2.75) is 33.2 Å². The van der Waals surface area contributed by atoms with Gasteiger partial charge in [0, 0.05) is 23.2 Å². The average molecular weight is 310 g/mol. The van der Waals surface area contributed by atoms with Crippen molar-refractivity contribution < 1.29 is 9.18 Å². The first-order valence-electron chi connectivity index (χ1n) is 6.78. The van der Waals surface area contributed by atoms with E-state index < -0.39 is 0 Å². The molecule has 112 valence electrons. The molecule has 0 aliphatic heterocycles. The molecule has 0 saturated heterocycles. The number of benzene rings is 1. The quantitative estimate of drug-likeness (QED) is 0.914. The van der Waals surface area contributed by atoms with Gasteiger partial charge in [0.15, 0.2) is 5.82 Å². The van der Waals surface area contributed by atoms with Crippen LogP contribution in [0, 0.1) is 12.7 Å². The lowest BCUT2D eigenvalue weighted by Crippen LogP contribution is -2.12. The molecule has 0 radical (unpaired) electrons. The fourth-order valence-corrected chi connectivity index (χ4v) is 2.20. The fraction of sp³-hybridized carbons (Fsp3) is 0.333. The molecule has 0 aliphatic carbocycles. The van der Waals surface area contributed by atoms with Crippen LogP contribution in [0.4, 0.5) is 10.2 Å². The zero-order valence-electron chi connectivity index (χ0n) is 12.0. The van der Waals surface area contributed by atoms with Crippen molar-refractivity contribution in [3.63, 3.8) is 0 Å². The Bertz CT molecular complexity index is 654. The minimum Gasteiger partial charge on any atom is -0.309 e. The Balaban J connectivity index is 2.14. The Labute approximate surface area is 127 Å². The minimum atomic E-state index is -0.367. The van der Waals surface area contributed by atoms with E-state index in [1.54, 1.807) is 16.8 Å². The number of nitrogens with zero attached hydrogens (tertiary/aromatic N) is 2. The van der Waals surface area contributed by atoms with Crippen molar-refractivity contribution in [1.29, 1.82) is 0 Å². The van der Waals surface area contributed by atoms with Gasteiger partial charge in [-0.25, -0.2) is 4.39 Å². The molecule has 1 aromatic carbocycles. The number of nitrogens with one attached hydrogen (secondary N) is 1. The molecular weight excluding hydrogens is 293 g/mol. The maximum Gasteiger partial charge on any atom is 0.225 e. The number of hydrogen-bond donors (Lipinski definition) is 1. The molecule has 1 N–H and O–H groups in total. The highest BCUT2D eigenvalue weighted by Gasteiger charge is 2.09. The molecule has 0 bridgehead atoms. The Morgan fingerprint density at radius 2 is 2.19 bits per heavy atom. The molecule has 21 heavy (non-hydrogen) atoms. The van der Waals surface area contributed by atoms with E-state index in [9.17, 15) is 9.18 Å². The van der Waals surface area contributed by atoms with Gasteiger partial charge in [-0.2, -0.15) is 5.10 Å². The first kappa shape index (κ1) is 15.5. The van der Waals surface area contributed by atoms with Crippen LogP contribution in [0.5, 0.6) is 0 Å². The number of hydrogen-bond acceptors (Lipinski definition) is 2. The summed E-state index contributed by atoms with van der Waals surface area (Å²) in [4.78, 5) is 11.6. The van der Waals surface area contributed by atoms with Crippen LogP contribution in [-0.4, -0.2) is 15.7 Å². The van der Waals surface area contributed by atoms with Gasteiger partial charge in [-0.3, -0.25) is 9.48 Å². The maximum absolute atomic E-state index is 13.0. The van der Waals surface area contributed by atoms with Crippen LogP contribution in [0.3, 0.4) is 0 Å². The van der Waals surface area contributed by atoms with E-state index in [1.165, 1.54) is 12.1 Å². The van der Waals surface area contributed by atoms with Crippen molar-refractivity contribution in [2.24, 2.45) is 0 Å². The van der Waals surface area contributed by atoms with E-state index in [4.69, 9.17) is 11.6 Å². The fourth-order valence-electron chi connectivity index (χ4n) is 1.97. The van der Waals surface area contributed by atoms with Gasteiger partial charge in [-0.05, 0) is 31.0 Å². The molecular formula is C15H17ClFN3O. The van der Waals surface area contributed by atoms with Crippen molar-refractivity contribution in [2.75, 3.05) is 5.32 Å². The van der Waals surface area contributed by atoms with Crippen LogP contribution >= 0.6 is 11.6 Å². The predicted octanol–water partition coefficient (Wildman–Crippen LogP) is 3.77. The van der Waals surface area contributed by atoms with Gasteiger partial charge in [0.25, 0.3) is 0 Å². The van der Waals surface area contributed by atoms with Crippen molar-refractivity contribution in [3.05, 3.63) is 46.4 Å². The Morgan fingerprint density at radius 1 is 1.43 bits per heavy atom. The summed E-state index contributed by atoms with van der Waals surface area (Å²) in [6.45, 7) is 4.26. The van der Waals surface area contributed by atoms with E-state index in [1.807, 2.05) is 13.8 Å². The van der Waals surface area contributed by atoms with Gasteiger partial charge < -0.3 is 5.32 Å². The second-order valence-corrected chi connectivity index (χ2v) is 5.27. The Hall–Kier alpha value is -1.88. The molecule has 0 spiro atoms. The van der Waals surface area contributed by atoms with Crippen molar-refractivity contribution in [1.82, 2.24) is 9.78 Å². The highest BCUT2D eigenvalue weighted by molar-refractivity contribution is 6.31. The second-order valence-electron chi connectivity index (χ2n) is 4.86. The van der Waals surface area contributed by atoms with E-state index in [2.05, 4.69) is 10.4 Å². The van der Waals surface area contributed by atoms with Crippen LogP contribution in [0.1, 0.15) is 31.0 Å². The van der Waals surface area contributed by atoms with Gasteiger partial charge in [0.2, 0.25) is 5.91 Å². The van der Waals surface area contributed by atoms with Gasteiger partial charge in [-0.15, -0.1) is 0 Å². The molecule has 2 rings (SSSR count). The van der Waals surface area contributed by atoms with Crippen LogP contribution < -0.4 is 5.32 Å². The molecule has 0 unspecified atom stereocenters. The predicted molar refractivity (Wildman–Crippen MR) is 81.0 cm³/mol. The number of carbonyl (C=O) groups excluding carboxylic acids is 1. The summed E-state index contributed by atoms with van der Waals surface area (Å²) in [7, 11) is 0. The lowest BCUT2D eigenvalue weighted by Gasteiger charge is -2.06. The molecule has 4 nitrogen and oxygen atoms in total. The first-order valence-corrected chi connectivity index (χ1v) is 7.15. The SMILES string of the molecule is CCCC(=O)Nc1cc(C)n(Cc2ccc(F)cc2Cl)n1. The standard InChI is InChI=1S/C15H17ClFN3O/c1-3-4-15(21)18-14-7-10(2)20(19-14)9-11-5-6-12(17)8-13(11)16/h5-8H,3-4,9H2,1-2H3,(H,18,19,21). The number of aryl methyl sites for hydroxylation is 1. The summed E-state index contributed by atoms with van der Waals surface area (Å²) < 4.78 is 14.8. The van der Waals surface area contributed by atoms with Crippen LogP contribution in [0.25, 0.3) is 0 Å². The lowest BCUT2D eigenvalue weighted by atomic mass is 10.2. The van der Waals surface area contributed by atoms with Gasteiger partial charge in [-0.1, -0.05) is 24.6 Å². The molecule has 2 aromatic rings. The molecule has 0 atom stereocenters. The number of halogens is 2. The topological polar surface area (TPSA) is 46.9 Å². The van der Waals surface area contributed by atoms with E-state index >= 15 is 0 Å². The maximum atomic E-state index is 13.0. The largest absolute Gasteiger partial charge is 0.309 e. The third-order valence-corrected chi connectivity index (χ3v) is 3.41. The number of anilines is 1. The third kappa shape index (κ3) is 4.04. The molecule has 0 aliphatic rings. The summed E-state index contributed by atoms with van der Waals surface area (Å²) >= 11 is 6.01. The number of carbonyl (C=O) groups is 1. The Kier molecular flexibility index (Phi) is 4.96. The smallest absolute Gasteiger partial charge is 0.225 e. The lowest BCUT2D eigenvalue weighted by molar-refractivity contribution is -0.116. The van der Waals surface area contributed by atoms with Crippen LogP contribution in [0.2, 0.25) is 5.02 Å². The third-order valence-electron chi connectivity index (χ3n) is 3.06. The number of rotatable bonds is 5. The average Bonchev–Trinajstić information content (AvgIpc) is 2.73. The molecule has 0 saturated carbocycles. The van der Waals surface area contributed by atoms with E-state index in [0.29, 0.717) is 23.8 Å². The summed E-state index contributed by atoms with van der Waals surface area (Å²) in [5.74, 6) is 0.0969. The van der Waals surface area contributed by atoms with Crippen LogP contribution in [0.15, 0.2) is 24.3 Å². The van der Waals surface area contributed by atoms with Gasteiger partial charge in [0.1, 0.15) is 5.82 Å². The summed E-state index contributed by atoms with van der Waals surface area (Å²) in [5.41, 5.74) is 1.66. The van der Waals surface area contributed by atoms with Crippen molar-refractivity contribution >= 4 is 23.3 Å². The van der Waals surface area contributed by atoms with Crippen molar-refractivity contribution in [3.8, 4) is 0 Å². The highest BCUT2D eigenvalue weighted by Crippen LogP contribution is 2.19. The van der Waals surface area contributed by atoms with Gasteiger partial charge >= 0.3 is 0 Å². The Morgan fingerprint density at radius 3 is 2.86 bits per heavy atom. The van der Waals surface area contributed by atoms with Gasteiger partial charge in [0.05, 0.1) is 6.54 Å².